The summed E-state index contributed by atoms with van der Waals surface area (Å²) in [7, 11) is 0. The van der Waals surface area contributed by atoms with Gasteiger partial charge in [0.25, 0.3) is 0 Å². The van der Waals surface area contributed by atoms with E-state index in [1.54, 1.807) is 19.2 Å². The number of imidazole rings is 1. The summed E-state index contributed by atoms with van der Waals surface area (Å²) >= 11 is 0. The van der Waals surface area contributed by atoms with Crippen molar-refractivity contribution in [1.82, 2.24) is 9.38 Å². The number of aromatic nitrogens is 2. The lowest BCUT2D eigenvalue weighted by Gasteiger charge is -2.10. The van der Waals surface area contributed by atoms with Crippen molar-refractivity contribution in [1.29, 1.82) is 0 Å². The first-order chi connectivity index (χ1) is 13.2. The lowest BCUT2D eigenvalue weighted by molar-refractivity contribution is -0.105. The van der Waals surface area contributed by atoms with Gasteiger partial charge in [0.15, 0.2) is 11.4 Å². The smallest absolute Gasteiger partial charge is 0.211 e. The summed E-state index contributed by atoms with van der Waals surface area (Å²) in [6.07, 6.45) is 4.39. The zero-order valence-electron chi connectivity index (χ0n) is 14.7. The van der Waals surface area contributed by atoms with Gasteiger partial charge in [0.1, 0.15) is 0 Å². The predicted octanol–water partition coefficient (Wildman–Crippen LogP) is 4.44. The Morgan fingerprint density at radius 3 is 2.52 bits per heavy atom. The number of nitrogens with one attached hydrogen (secondary N) is 1. The minimum absolute atomic E-state index is 0.0129. The van der Waals surface area contributed by atoms with Gasteiger partial charge in [-0.3, -0.25) is 14.0 Å². The minimum atomic E-state index is 0.0129. The summed E-state index contributed by atoms with van der Waals surface area (Å²) in [5, 5.41) is 2.74. The van der Waals surface area contributed by atoms with Crippen molar-refractivity contribution >= 4 is 23.5 Å². The molecule has 0 radical (unpaired) electrons. The largest absolute Gasteiger partial charge is 0.326 e. The molecule has 5 heteroatoms. The lowest BCUT2D eigenvalue weighted by atomic mass is 10.1. The van der Waals surface area contributed by atoms with Gasteiger partial charge in [0, 0.05) is 22.9 Å². The highest BCUT2D eigenvalue weighted by molar-refractivity contribution is 5.95. The van der Waals surface area contributed by atoms with Gasteiger partial charge < -0.3 is 5.32 Å². The minimum Gasteiger partial charge on any atom is -0.326 e. The van der Waals surface area contributed by atoms with Gasteiger partial charge in [-0.25, -0.2) is 4.98 Å². The average molecular weight is 355 g/mol. The van der Waals surface area contributed by atoms with E-state index < -0.39 is 0 Å². The van der Waals surface area contributed by atoms with Crippen molar-refractivity contribution in [3.63, 3.8) is 0 Å². The van der Waals surface area contributed by atoms with Crippen molar-refractivity contribution in [2.75, 3.05) is 5.32 Å². The third-order valence-electron chi connectivity index (χ3n) is 4.49. The van der Waals surface area contributed by atoms with Crippen molar-refractivity contribution in [2.24, 2.45) is 0 Å². The molecule has 1 N–H and O–H groups in total. The molecule has 0 bridgehead atoms. The normalized spacial score (nSPS) is 10.7. The average Bonchev–Trinajstić information content (AvgIpc) is 3.13. The fourth-order valence-electron chi connectivity index (χ4n) is 3.16. The number of ketones is 1. The number of hydrogen-bond acceptors (Lipinski definition) is 3. The number of carbonyl (C=O) groups is 2. The van der Waals surface area contributed by atoms with E-state index in [2.05, 4.69) is 10.3 Å². The molecule has 0 aliphatic rings. The summed E-state index contributed by atoms with van der Waals surface area (Å²) < 4.78 is 1.94. The number of benzene rings is 2. The maximum Gasteiger partial charge on any atom is 0.211 e. The molecule has 0 fully saturated rings. The Labute approximate surface area is 156 Å². The molecule has 0 aliphatic carbocycles. The Morgan fingerprint density at radius 1 is 1.00 bits per heavy atom. The molecule has 0 unspecified atom stereocenters. The standard InChI is InChI=1S/C22H17N3O2/c1-15(27)17-8-5-9-18(10-17)21-12-23-22-20(24-14-26)11-19(13-25(21)22)16-6-3-2-4-7-16/h2-14H,1H3,(H,24,26). The summed E-state index contributed by atoms with van der Waals surface area (Å²) in [4.78, 5) is 27.3. The van der Waals surface area contributed by atoms with Crippen LogP contribution >= 0.6 is 0 Å². The molecule has 2 aromatic heterocycles. The first-order valence-electron chi connectivity index (χ1n) is 8.55. The van der Waals surface area contributed by atoms with E-state index in [1.807, 2.05) is 65.2 Å². The fraction of sp³-hybridized carbons (Fsp3) is 0.0455. The number of fused-ring (bicyclic) bond motifs is 1. The quantitative estimate of drug-likeness (QED) is 0.425. The molecule has 4 aromatic rings. The van der Waals surface area contributed by atoms with Crippen LogP contribution in [-0.4, -0.2) is 21.6 Å². The second kappa shape index (κ2) is 6.88. The number of anilines is 1. The van der Waals surface area contributed by atoms with Gasteiger partial charge in [0.2, 0.25) is 6.41 Å². The monoisotopic (exact) mass is 355 g/mol. The molecule has 2 aromatic carbocycles. The summed E-state index contributed by atoms with van der Waals surface area (Å²) in [6, 6.07) is 19.3. The maximum absolute atomic E-state index is 11.7. The first-order valence-corrected chi connectivity index (χ1v) is 8.55. The molecule has 132 valence electrons. The molecule has 2 heterocycles. The molecule has 4 rings (SSSR count). The number of carbonyl (C=O) groups excluding carboxylic acids is 2. The van der Waals surface area contributed by atoms with Gasteiger partial charge in [-0.05, 0) is 24.6 Å². The van der Waals surface area contributed by atoms with Crippen LogP contribution in [-0.2, 0) is 4.79 Å². The van der Waals surface area contributed by atoms with Crippen LogP contribution < -0.4 is 5.32 Å². The van der Waals surface area contributed by atoms with E-state index in [4.69, 9.17) is 0 Å². The SMILES string of the molecule is CC(=O)c1cccc(-c2cnc3c(NC=O)cc(-c4ccccc4)cn23)c1. The molecule has 0 spiro atoms. The molecule has 0 saturated heterocycles. The van der Waals surface area contributed by atoms with Crippen LogP contribution in [0.3, 0.4) is 0 Å². The predicted molar refractivity (Wildman–Crippen MR) is 106 cm³/mol. The van der Waals surface area contributed by atoms with Crippen LogP contribution in [0, 0.1) is 0 Å². The second-order valence-corrected chi connectivity index (χ2v) is 6.24. The lowest BCUT2D eigenvalue weighted by Crippen LogP contribution is -2.00. The Balaban J connectivity index is 1.95. The van der Waals surface area contributed by atoms with E-state index >= 15 is 0 Å². The number of amides is 1. The van der Waals surface area contributed by atoms with Gasteiger partial charge in [-0.2, -0.15) is 0 Å². The Kier molecular flexibility index (Phi) is 4.26. The maximum atomic E-state index is 11.7. The van der Waals surface area contributed by atoms with Gasteiger partial charge in [-0.1, -0.05) is 48.5 Å². The highest BCUT2D eigenvalue weighted by Gasteiger charge is 2.13. The fourth-order valence-corrected chi connectivity index (χ4v) is 3.16. The Morgan fingerprint density at radius 2 is 1.78 bits per heavy atom. The van der Waals surface area contributed by atoms with E-state index in [1.165, 1.54) is 0 Å². The molecule has 5 nitrogen and oxygen atoms in total. The van der Waals surface area contributed by atoms with Crippen LogP contribution in [0.1, 0.15) is 17.3 Å². The zero-order valence-corrected chi connectivity index (χ0v) is 14.7. The number of pyridine rings is 1. The Bertz CT molecular complexity index is 1150. The van der Waals surface area contributed by atoms with Gasteiger partial charge in [-0.15, -0.1) is 0 Å². The van der Waals surface area contributed by atoms with Crippen LogP contribution in [0.5, 0.6) is 0 Å². The zero-order chi connectivity index (χ0) is 18.8. The number of nitrogens with zero attached hydrogens (tertiary/aromatic N) is 2. The highest BCUT2D eigenvalue weighted by atomic mass is 16.1. The summed E-state index contributed by atoms with van der Waals surface area (Å²) in [6.45, 7) is 1.55. The first kappa shape index (κ1) is 16.7. The molecule has 1 amide bonds. The third kappa shape index (κ3) is 3.11. The highest BCUT2D eigenvalue weighted by Crippen LogP contribution is 2.30. The van der Waals surface area contributed by atoms with Crippen LogP contribution in [0.2, 0.25) is 0 Å². The molecule has 0 aliphatic heterocycles. The molecule has 27 heavy (non-hydrogen) atoms. The van der Waals surface area contributed by atoms with Crippen molar-refractivity contribution in [3.05, 3.63) is 78.6 Å². The second-order valence-electron chi connectivity index (χ2n) is 6.24. The Hall–Kier alpha value is -3.73. The van der Waals surface area contributed by atoms with Crippen molar-refractivity contribution < 1.29 is 9.59 Å². The summed E-state index contributed by atoms with van der Waals surface area (Å²) in [5.74, 6) is 0.0129. The van der Waals surface area contributed by atoms with E-state index in [0.717, 1.165) is 22.4 Å². The molecule has 0 atom stereocenters. The van der Waals surface area contributed by atoms with E-state index in [0.29, 0.717) is 23.3 Å². The van der Waals surface area contributed by atoms with Crippen LogP contribution in [0.4, 0.5) is 5.69 Å². The number of hydrogen-bond donors (Lipinski definition) is 1. The van der Waals surface area contributed by atoms with Gasteiger partial charge >= 0.3 is 0 Å². The molecular weight excluding hydrogens is 338 g/mol. The topological polar surface area (TPSA) is 63.5 Å². The summed E-state index contributed by atoms with van der Waals surface area (Å²) in [5.41, 5.74) is 5.63. The third-order valence-corrected chi connectivity index (χ3v) is 4.49. The molecular formula is C22H17N3O2. The van der Waals surface area contributed by atoms with Crippen LogP contribution in [0.25, 0.3) is 28.0 Å². The van der Waals surface area contributed by atoms with Gasteiger partial charge in [0.05, 0.1) is 17.6 Å². The van der Waals surface area contributed by atoms with Crippen molar-refractivity contribution in [2.45, 2.75) is 6.92 Å². The van der Waals surface area contributed by atoms with Crippen LogP contribution in [0.15, 0.2) is 73.1 Å². The van der Waals surface area contributed by atoms with E-state index in [-0.39, 0.29) is 5.78 Å². The van der Waals surface area contributed by atoms with E-state index in [9.17, 15) is 9.59 Å². The molecule has 0 saturated carbocycles. The number of Topliss-reactive ketones (excluding diaryl/α,β-unsaturated/α-hetero) is 1. The van der Waals surface area contributed by atoms with Crippen molar-refractivity contribution in [3.8, 4) is 22.4 Å². The number of rotatable bonds is 5.